The van der Waals surface area contributed by atoms with Crippen molar-refractivity contribution >= 4 is 17.7 Å². The molecule has 1 rings (SSSR count). The number of benzene rings is 1. The van der Waals surface area contributed by atoms with E-state index in [1.165, 1.54) is 5.56 Å². The molecule has 23 heavy (non-hydrogen) atoms. The molecule has 0 radical (unpaired) electrons. The van der Waals surface area contributed by atoms with Gasteiger partial charge in [-0.1, -0.05) is 25.8 Å². The molecule has 1 aromatic rings. The molecule has 0 spiro atoms. The van der Waals surface area contributed by atoms with Crippen LogP contribution in [0.4, 0.5) is 10.5 Å². The van der Waals surface area contributed by atoms with Gasteiger partial charge in [0.05, 0.1) is 6.61 Å². The molecular weight excluding hydrogens is 292 g/mol. The number of aryl methyl sites for hydroxylation is 3. The molecule has 1 atom stereocenters. The molecule has 0 fully saturated rings. The van der Waals surface area contributed by atoms with Crippen molar-refractivity contribution in [2.45, 2.75) is 59.9 Å². The Bertz CT molecular complexity index is 555. The van der Waals surface area contributed by atoms with Gasteiger partial charge in [0.2, 0.25) is 0 Å². The fourth-order valence-corrected chi connectivity index (χ4v) is 2.31. The van der Waals surface area contributed by atoms with E-state index in [0.29, 0.717) is 13.0 Å². The van der Waals surface area contributed by atoms with E-state index in [4.69, 9.17) is 4.74 Å². The smallest absolute Gasteiger partial charge is 0.328 e. The first kappa shape index (κ1) is 19.0. The van der Waals surface area contributed by atoms with Crippen LogP contribution in [0.2, 0.25) is 0 Å². The van der Waals surface area contributed by atoms with Crippen LogP contribution < -0.4 is 10.6 Å². The van der Waals surface area contributed by atoms with E-state index in [-0.39, 0.29) is 12.0 Å². The third-order valence-corrected chi connectivity index (χ3v) is 3.81. The van der Waals surface area contributed by atoms with Gasteiger partial charge in [0.25, 0.3) is 0 Å². The number of hydrogen-bond donors (Lipinski definition) is 2. The molecule has 0 saturated carbocycles. The zero-order chi connectivity index (χ0) is 17.4. The predicted octanol–water partition coefficient (Wildman–Crippen LogP) is 3.86. The highest BCUT2D eigenvalue weighted by Gasteiger charge is 2.21. The average Bonchev–Trinajstić information content (AvgIpc) is 2.49. The van der Waals surface area contributed by atoms with Crippen molar-refractivity contribution in [3.63, 3.8) is 0 Å². The van der Waals surface area contributed by atoms with Crippen molar-refractivity contribution in [2.24, 2.45) is 0 Å². The van der Waals surface area contributed by atoms with Gasteiger partial charge in [-0.2, -0.15) is 0 Å². The van der Waals surface area contributed by atoms with Crippen LogP contribution in [0.25, 0.3) is 0 Å². The van der Waals surface area contributed by atoms with Crippen molar-refractivity contribution in [1.82, 2.24) is 5.32 Å². The number of carbonyl (C=O) groups excluding carboxylic acids is 2. The lowest BCUT2D eigenvalue weighted by Crippen LogP contribution is -2.44. The molecule has 0 heterocycles. The van der Waals surface area contributed by atoms with Crippen molar-refractivity contribution in [1.29, 1.82) is 0 Å². The average molecular weight is 320 g/mol. The summed E-state index contributed by atoms with van der Waals surface area (Å²) in [5, 5.41) is 5.55. The first-order valence-electron chi connectivity index (χ1n) is 8.21. The van der Waals surface area contributed by atoms with Crippen molar-refractivity contribution in [3.05, 3.63) is 28.8 Å². The molecule has 1 aromatic carbocycles. The Morgan fingerprint density at radius 1 is 1.09 bits per heavy atom. The maximum atomic E-state index is 12.2. The molecule has 0 aliphatic carbocycles. The number of unbranched alkanes of at least 4 members (excludes halogenated alkanes) is 1. The lowest BCUT2D eigenvalue weighted by molar-refractivity contribution is -0.145. The lowest BCUT2D eigenvalue weighted by Gasteiger charge is -2.18. The van der Waals surface area contributed by atoms with Crippen LogP contribution >= 0.6 is 0 Å². The van der Waals surface area contributed by atoms with Crippen molar-refractivity contribution < 1.29 is 14.3 Å². The molecule has 5 nitrogen and oxygen atoms in total. The normalized spacial score (nSPS) is 11.7. The van der Waals surface area contributed by atoms with Crippen LogP contribution in [0.1, 0.15) is 49.8 Å². The summed E-state index contributed by atoms with van der Waals surface area (Å²) in [5.41, 5.74) is 4.04. The van der Waals surface area contributed by atoms with Gasteiger partial charge in [-0.25, -0.2) is 9.59 Å². The Hall–Kier alpha value is -2.04. The number of ether oxygens (including phenoxy) is 1. The van der Waals surface area contributed by atoms with E-state index < -0.39 is 6.04 Å². The summed E-state index contributed by atoms with van der Waals surface area (Å²) < 4.78 is 5.03. The van der Waals surface area contributed by atoms with Crippen LogP contribution in [0.5, 0.6) is 0 Å². The lowest BCUT2D eigenvalue weighted by atomic mass is 10.1. The first-order chi connectivity index (χ1) is 10.9. The minimum absolute atomic E-state index is 0.307. The molecule has 0 saturated heterocycles. The second-order valence-electron chi connectivity index (χ2n) is 5.80. The number of nitrogens with one attached hydrogen (secondary N) is 2. The number of esters is 1. The molecule has 5 heteroatoms. The molecule has 2 N–H and O–H groups in total. The van der Waals surface area contributed by atoms with Crippen LogP contribution in [0, 0.1) is 20.8 Å². The third kappa shape index (κ3) is 5.93. The van der Waals surface area contributed by atoms with Gasteiger partial charge >= 0.3 is 12.0 Å². The maximum absolute atomic E-state index is 12.2. The number of amides is 2. The molecule has 0 aromatic heterocycles. The molecule has 0 bridgehead atoms. The van der Waals surface area contributed by atoms with Gasteiger partial charge in [0.15, 0.2) is 0 Å². The van der Waals surface area contributed by atoms with Gasteiger partial charge in [-0.05, 0) is 56.9 Å². The van der Waals surface area contributed by atoms with Crippen molar-refractivity contribution in [2.75, 3.05) is 11.9 Å². The minimum atomic E-state index is -0.609. The summed E-state index contributed by atoms with van der Waals surface area (Å²) in [6, 6.07) is 2.98. The zero-order valence-electron chi connectivity index (χ0n) is 14.8. The summed E-state index contributed by atoms with van der Waals surface area (Å²) in [6.45, 7) is 10.1. The quantitative estimate of drug-likeness (QED) is 0.750. The van der Waals surface area contributed by atoms with Crippen LogP contribution in [0.3, 0.4) is 0 Å². The fraction of sp³-hybridized carbons (Fsp3) is 0.556. The number of urea groups is 1. The minimum Gasteiger partial charge on any atom is -0.464 e. The van der Waals surface area contributed by atoms with E-state index in [9.17, 15) is 9.59 Å². The van der Waals surface area contributed by atoms with Gasteiger partial charge in [-0.3, -0.25) is 0 Å². The van der Waals surface area contributed by atoms with Gasteiger partial charge in [-0.15, -0.1) is 0 Å². The molecule has 0 aliphatic heterocycles. The van der Waals surface area contributed by atoms with Crippen LogP contribution in [0.15, 0.2) is 12.1 Å². The molecular formula is C18H28N2O3. The van der Waals surface area contributed by atoms with E-state index in [1.807, 2.05) is 39.8 Å². The zero-order valence-corrected chi connectivity index (χ0v) is 14.8. The molecule has 0 aliphatic rings. The van der Waals surface area contributed by atoms with Crippen molar-refractivity contribution in [3.8, 4) is 0 Å². The topological polar surface area (TPSA) is 67.4 Å². The standard InChI is InChI=1S/C18H28N2O3/c1-6-8-9-15(17(21)23-7-2)19-18(22)20-16-11-13(4)12(3)10-14(16)5/h10-11,15H,6-9H2,1-5H3,(H2,19,20,22). The summed E-state index contributed by atoms with van der Waals surface area (Å²) in [6.07, 6.45) is 2.39. The van der Waals surface area contributed by atoms with Gasteiger partial charge in [0.1, 0.15) is 6.04 Å². The largest absolute Gasteiger partial charge is 0.464 e. The number of hydrogen-bond acceptors (Lipinski definition) is 3. The summed E-state index contributed by atoms with van der Waals surface area (Å²) in [5.74, 6) is -0.382. The highest BCUT2D eigenvalue weighted by molar-refractivity contribution is 5.93. The Morgan fingerprint density at radius 3 is 2.35 bits per heavy atom. The molecule has 2 amide bonds. The summed E-state index contributed by atoms with van der Waals surface area (Å²) in [7, 11) is 0. The number of anilines is 1. The second kappa shape index (κ2) is 9.18. The van der Waals surface area contributed by atoms with Crippen LogP contribution in [-0.2, 0) is 9.53 Å². The Kier molecular flexibility index (Phi) is 7.59. The predicted molar refractivity (Wildman–Crippen MR) is 92.8 cm³/mol. The monoisotopic (exact) mass is 320 g/mol. The SMILES string of the molecule is CCCCC(NC(=O)Nc1cc(C)c(C)cc1C)C(=O)OCC. The Morgan fingerprint density at radius 2 is 1.74 bits per heavy atom. The fourth-order valence-electron chi connectivity index (χ4n) is 2.31. The molecule has 1 unspecified atom stereocenters. The third-order valence-electron chi connectivity index (χ3n) is 3.81. The highest BCUT2D eigenvalue weighted by atomic mass is 16.5. The van der Waals surface area contributed by atoms with E-state index in [2.05, 4.69) is 10.6 Å². The van der Waals surface area contributed by atoms with Gasteiger partial charge in [0, 0.05) is 5.69 Å². The van der Waals surface area contributed by atoms with Crippen LogP contribution in [-0.4, -0.2) is 24.6 Å². The van der Waals surface area contributed by atoms with E-state index >= 15 is 0 Å². The summed E-state index contributed by atoms with van der Waals surface area (Å²) in [4.78, 5) is 24.2. The second-order valence-corrected chi connectivity index (χ2v) is 5.80. The van der Waals surface area contributed by atoms with E-state index in [1.54, 1.807) is 6.92 Å². The maximum Gasteiger partial charge on any atom is 0.328 e. The summed E-state index contributed by atoms with van der Waals surface area (Å²) >= 11 is 0. The Balaban J connectivity index is 2.75. The van der Waals surface area contributed by atoms with Gasteiger partial charge < -0.3 is 15.4 Å². The van der Waals surface area contributed by atoms with E-state index in [0.717, 1.165) is 29.7 Å². The Labute approximate surface area is 138 Å². The first-order valence-corrected chi connectivity index (χ1v) is 8.21. The number of carbonyl (C=O) groups is 2. The molecule has 128 valence electrons. The number of rotatable bonds is 7. The highest BCUT2D eigenvalue weighted by Crippen LogP contribution is 2.20.